The molecule has 2 heteroatoms. The van der Waals surface area contributed by atoms with E-state index in [-0.39, 0.29) is 45.7 Å². The van der Waals surface area contributed by atoms with Crippen molar-refractivity contribution in [2.45, 2.75) is 0 Å². The van der Waals surface area contributed by atoms with Crippen LogP contribution < -0.4 is 0 Å². The van der Waals surface area contributed by atoms with Gasteiger partial charge in [-0.25, -0.2) is 0 Å². The van der Waals surface area contributed by atoms with Gasteiger partial charge in [-0.1, -0.05) is 151 Å². The van der Waals surface area contributed by atoms with Gasteiger partial charge in [-0.2, -0.15) is 0 Å². The lowest BCUT2D eigenvalue weighted by atomic mass is 9.85. The topological polar surface area (TPSA) is 26.3 Å². The molecule has 12 aromatic rings. The maximum atomic E-state index is 9.44. The van der Waals surface area contributed by atoms with Crippen LogP contribution in [0.5, 0.6) is 0 Å². The van der Waals surface area contributed by atoms with Crippen molar-refractivity contribution in [3.05, 3.63) is 194 Å². The van der Waals surface area contributed by atoms with Gasteiger partial charge >= 0.3 is 0 Å². The van der Waals surface area contributed by atoms with Crippen molar-refractivity contribution in [1.29, 1.82) is 0 Å². The Balaban J connectivity index is 1.09. The van der Waals surface area contributed by atoms with E-state index in [2.05, 4.69) is 24.3 Å². The summed E-state index contributed by atoms with van der Waals surface area (Å²) in [4.78, 5) is 0. The summed E-state index contributed by atoms with van der Waals surface area (Å²) < 4.78 is 85.8. The van der Waals surface area contributed by atoms with Gasteiger partial charge in [-0.3, -0.25) is 0 Å². The summed E-state index contributed by atoms with van der Waals surface area (Å²) in [5, 5.41) is 6.75. The van der Waals surface area contributed by atoms with Crippen LogP contribution in [0.3, 0.4) is 0 Å². The Labute approximate surface area is 333 Å². The molecule has 56 heavy (non-hydrogen) atoms. The summed E-state index contributed by atoms with van der Waals surface area (Å²) in [7, 11) is 0. The average molecular weight is 721 g/mol. The van der Waals surface area contributed by atoms with Crippen molar-refractivity contribution in [3.8, 4) is 44.5 Å². The Morgan fingerprint density at radius 1 is 0.304 bits per heavy atom. The van der Waals surface area contributed by atoms with E-state index < -0.39 is 24.2 Å². The van der Waals surface area contributed by atoms with E-state index in [1.54, 1.807) is 0 Å². The van der Waals surface area contributed by atoms with Crippen molar-refractivity contribution in [2.75, 3.05) is 0 Å². The second-order valence-electron chi connectivity index (χ2n) is 14.2. The highest BCUT2D eigenvalue weighted by Gasteiger charge is 2.19. The standard InChI is InChI=1S/C54H32O2/c1-2-11-36-30-38(25-22-33(36)10-1)34-20-23-35(24-21-34)51-41-14-3-5-16-43(41)52(44-17-6-4-15-42(44)51)40-13-9-12-37(31-40)39-26-27-46-50(32-39)56-49-29-28-48-53(54(46)49)45-18-7-8-19-47(45)55-48/h1-32H/i3D,4D,5D,6D,14D,15D,16D,17D. The van der Waals surface area contributed by atoms with Crippen LogP contribution in [0.1, 0.15) is 11.0 Å². The molecule has 0 saturated carbocycles. The average Bonchev–Trinajstić information content (AvgIpc) is 3.90. The Morgan fingerprint density at radius 2 is 0.821 bits per heavy atom. The third-order valence-electron chi connectivity index (χ3n) is 11.1. The van der Waals surface area contributed by atoms with Crippen LogP contribution in [0, 0.1) is 0 Å². The summed E-state index contributed by atoms with van der Waals surface area (Å²) in [6, 6.07) is 44.3. The van der Waals surface area contributed by atoms with Gasteiger partial charge in [-0.05, 0) is 119 Å². The maximum absolute atomic E-state index is 9.44. The zero-order valence-corrected chi connectivity index (χ0v) is 29.7. The fourth-order valence-electron chi connectivity index (χ4n) is 8.52. The minimum Gasteiger partial charge on any atom is -0.456 e. The molecule has 0 spiro atoms. The molecule has 0 fully saturated rings. The predicted molar refractivity (Wildman–Crippen MR) is 235 cm³/mol. The van der Waals surface area contributed by atoms with Crippen LogP contribution in [0.2, 0.25) is 0 Å². The van der Waals surface area contributed by atoms with Gasteiger partial charge in [0.1, 0.15) is 22.3 Å². The van der Waals surface area contributed by atoms with Crippen LogP contribution in [-0.4, -0.2) is 0 Å². The molecule has 0 aliphatic carbocycles. The molecule has 0 N–H and O–H groups in total. The number of hydrogen-bond acceptors (Lipinski definition) is 2. The molecule has 2 nitrogen and oxygen atoms in total. The predicted octanol–water partition coefficient (Wildman–Crippen LogP) is 15.6. The van der Waals surface area contributed by atoms with Crippen molar-refractivity contribution in [3.63, 3.8) is 0 Å². The summed E-state index contributed by atoms with van der Waals surface area (Å²) >= 11 is 0. The van der Waals surface area contributed by atoms with Gasteiger partial charge in [0, 0.05) is 21.5 Å². The molecule has 0 aliphatic heterocycles. The molecule has 0 aliphatic rings. The van der Waals surface area contributed by atoms with Crippen LogP contribution in [0.25, 0.3) is 121 Å². The van der Waals surface area contributed by atoms with E-state index in [0.717, 1.165) is 71.3 Å². The second-order valence-corrected chi connectivity index (χ2v) is 14.2. The molecular weight excluding hydrogens is 681 g/mol. The first-order chi connectivity index (χ1) is 31.1. The SMILES string of the molecule is [2H]c1c([2H])c([2H])c2c(-c3cccc(-c4ccc5c(c4)oc4ccc6oc7ccccc7c6c45)c3)c3c([2H])c([2H])c([2H])c([2H])c3c(-c3ccc(-c4ccc5ccccc5c4)cc3)c2c1[2H]. The molecule has 10 aromatic carbocycles. The zero-order chi connectivity index (χ0) is 43.7. The molecule has 2 aromatic heterocycles. The first-order valence-corrected chi connectivity index (χ1v) is 18.5. The Hall–Kier alpha value is -7.42. The molecule has 0 radical (unpaired) electrons. The quantitative estimate of drug-likeness (QED) is 0.169. The molecule has 0 atom stereocenters. The first-order valence-electron chi connectivity index (χ1n) is 22.5. The fourth-order valence-corrected chi connectivity index (χ4v) is 8.52. The van der Waals surface area contributed by atoms with Gasteiger partial charge in [0.15, 0.2) is 0 Å². The molecule has 0 amide bonds. The lowest BCUT2D eigenvalue weighted by Gasteiger charge is -2.18. The second kappa shape index (κ2) is 12.0. The van der Waals surface area contributed by atoms with Crippen LogP contribution in [0.4, 0.5) is 0 Å². The maximum Gasteiger partial charge on any atom is 0.136 e. The third-order valence-corrected chi connectivity index (χ3v) is 11.1. The van der Waals surface area contributed by atoms with E-state index in [0.29, 0.717) is 27.8 Å². The lowest BCUT2D eigenvalue weighted by Crippen LogP contribution is -1.91. The minimum absolute atomic E-state index is 0.165. The van der Waals surface area contributed by atoms with Crippen LogP contribution in [-0.2, 0) is 0 Å². The van der Waals surface area contributed by atoms with E-state index in [9.17, 15) is 5.48 Å². The highest BCUT2D eigenvalue weighted by Crippen LogP contribution is 2.45. The number of para-hydroxylation sites is 1. The lowest BCUT2D eigenvalue weighted by molar-refractivity contribution is 0.663. The highest BCUT2D eigenvalue weighted by molar-refractivity contribution is 6.26. The Morgan fingerprint density at radius 3 is 1.55 bits per heavy atom. The number of rotatable bonds is 4. The molecule has 0 bridgehead atoms. The smallest absolute Gasteiger partial charge is 0.136 e. The van der Waals surface area contributed by atoms with E-state index >= 15 is 0 Å². The zero-order valence-electron chi connectivity index (χ0n) is 37.7. The normalized spacial score (nSPS) is 13.9. The van der Waals surface area contributed by atoms with E-state index in [4.69, 9.17) is 14.3 Å². The third kappa shape index (κ3) is 4.69. The van der Waals surface area contributed by atoms with Gasteiger partial charge < -0.3 is 8.83 Å². The van der Waals surface area contributed by atoms with E-state index in [1.807, 2.05) is 121 Å². The molecule has 260 valence electrons. The summed E-state index contributed by atoms with van der Waals surface area (Å²) in [5.74, 6) is 0. The van der Waals surface area contributed by atoms with E-state index in [1.165, 1.54) is 0 Å². The minimum atomic E-state index is -0.442. The van der Waals surface area contributed by atoms with Crippen molar-refractivity contribution in [1.82, 2.24) is 0 Å². The van der Waals surface area contributed by atoms with Gasteiger partial charge in [0.2, 0.25) is 0 Å². The summed E-state index contributed by atoms with van der Waals surface area (Å²) in [6.45, 7) is 0. The number of furan rings is 2. The fraction of sp³-hybridized carbons (Fsp3) is 0. The molecular formula is C54H32O2. The number of fused-ring (bicyclic) bond motifs is 10. The number of hydrogen-bond donors (Lipinski definition) is 0. The monoisotopic (exact) mass is 720 g/mol. The van der Waals surface area contributed by atoms with Crippen LogP contribution >= 0.6 is 0 Å². The molecule has 0 saturated heterocycles. The van der Waals surface area contributed by atoms with Crippen LogP contribution in [0.15, 0.2) is 203 Å². The van der Waals surface area contributed by atoms with Crippen molar-refractivity contribution >= 4 is 76.2 Å². The van der Waals surface area contributed by atoms with Gasteiger partial charge in [-0.15, -0.1) is 0 Å². The molecule has 12 rings (SSSR count). The number of benzene rings is 10. The highest BCUT2D eigenvalue weighted by atomic mass is 16.3. The Bertz CT molecular complexity index is 3920. The largest absolute Gasteiger partial charge is 0.456 e. The van der Waals surface area contributed by atoms with Gasteiger partial charge in [0.05, 0.1) is 11.0 Å². The van der Waals surface area contributed by atoms with Crippen molar-refractivity contribution < 1.29 is 19.8 Å². The molecule has 2 heterocycles. The summed E-state index contributed by atoms with van der Waals surface area (Å²) in [5.41, 5.74) is 8.15. The Kier molecular flexibility index (Phi) is 5.18. The summed E-state index contributed by atoms with van der Waals surface area (Å²) in [6.07, 6.45) is 0. The van der Waals surface area contributed by atoms with Crippen molar-refractivity contribution in [2.24, 2.45) is 0 Å². The first kappa shape index (κ1) is 24.1. The molecule has 0 unspecified atom stereocenters. The van der Waals surface area contributed by atoms with Gasteiger partial charge in [0.25, 0.3) is 0 Å².